The molecule has 0 aliphatic carbocycles. The maximum Gasteiger partial charge on any atom is 0.408 e. The second-order valence-corrected chi connectivity index (χ2v) is 9.21. The third-order valence-electron chi connectivity index (χ3n) is 5.04. The van der Waals surface area contributed by atoms with Gasteiger partial charge in [0.1, 0.15) is 11.4 Å². The highest BCUT2D eigenvalue weighted by Gasteiger charge is 2.39. The quantitative estimate of drug-likeness (QED) is 0.571. The van der Waals surface area contributed by atoms with Crippen LogP contribution in [0.1, 0.15) is 57.9 Å². The molecule has 32 heavy (non-hydrogen) atoms. The van der Waals surface area contributed by atoms with Crippen LogP contribution < -0.4 is 15.4 Å². The summed E-state index contributed by atoms with van der Waals surface area (Å²) >= 11 is 0. The number of nitrogens with one attached hydrogen (secondary N) is 2. The van der Waals surface area contributed by atoms with Gasteiger partial charge in [0.2, 0.25) is 5.91 Å². The molecule has 0 aliphatic rings. The second kappa shape index (κ2) is 10.5. The molecule has 2 aromatic rings. The van der Waals surface area contributed by atoms with Crippen LogP contribution in [0.2, 0.25) is 0 Å². The molecule has 0 saturated heterocycles. The standard InChI is InChI=1S/C25H34N2O5/c1-24(2,3)32-23(30)27-21(17-11-8-7-9-12-17)25(4,5)22(29)26-16-20(28)18-13-10-14-19(15-18)31-6/h7-15,20-21,28H,16H2,1-6H3,(H,26,29)(H,27,30)/t20-,21+/m0/s1. The molecule has 0 radical (unpaired) electrons. The number of amides is 2. The summed E-state index contributed by atoms with van der Waals surface area (Å²) in [7, 11) is 1.55. The number of hydrogen-bond acceptors (Lipinski definition) is 5. The van der Waals surface area contributed by atoms with Crippen LogP contribution in [-0.4, -0.2) is 36.4 Å². The monoisotopic (exact) mass is 442 g/mol. The highest BCUT2D eigenvalue weighted by atomic mass is 16.6. The largest absolute Gasteiger partial charge is 0.497 e. The summed E-state index contributed by atoms with van der Waals surface area (Å²) in [6.45, 7) is 8.85. The van der Waals surface area contributed by atoms with Crippen molar-refractivity contribution in [3.63, 3.8) is 0 Å². The van der Waals surface area contributed by atoms with Crippen LogP contribution in [0.4, 0.5) is 4.79 Å². The van der Waals surface area contributed by atoms with Gasteiger partial charge in [-0.05, 0) is 57.9 Å². The predicted molar refractivity (Wildman–Crippen MR) is 123 cm³/mol. The highest BCUT2D eigenvalue weighted by molar-refractivity contribution is 5.84. The van der Waals surface area contributed by atoms with Gasteiger partial charge in [-0.25, -0.2) is 4.79 Å². The van der Waals surface area contributed by atoms with Crippen molar-refractivity contribution >= 4 is 12.0 Å². The van der Waals surface area contributed by atoms with E-state index in [0.29, 0.717) is 11.3 Å². The number of carbonyl (C=O) groups excluding carboxylic acids is 2. The Balaban J connectivity index is 2.16. The average Bonchev–Trinajstić information content (AvgIpc) is 2.74. The van der Waals surface area contributed by atoms with Gasteiger partial charge in [-0.15, -0.1) is 0 Å². The van der Waals surface area contributed by atoms with E-state index in [2.05, 4.69) is 10.6 Å². The lowest BCUT2D eigenvalue weighted by atomic mass is 9.79. The Morgan fingerprint density at radius 2 is 1.59 bits per heavy atom. The normalized spacial score (nSPS) is 13.6. The Hall–Kier alpha value is -3.06. The molecule has 0 heterocycles. The van der Waals surface area contributed by atoms with Crippen molar-refractivity contribution in [2.45, 2.75) is 52.4 Å². The van der Waals surface area contributed by atoms with E-state index in [4.69, 9.17) is 9.47 Å². The third kappa shape index (κ3) is 6.99. The van der Waals surface area contributed by atoms with Crippen LogP contribution in [0, 0.1) is 5.41 Å². The van der Waals surface area contributed by atoms with Gasteiger partial charge in [0.15, 0.2) is 0 Å². The summed E-state index contributed by atoms with van der Waals surface area (Å²) in [5.74, 6) is 0.309. The van der Waals surface area contributed by atoms with Crippen LogP contribution in [0.3, 0.4) is 0 Å². The molecule has 174 valence electrons. The molecule has 2 aromatic carbocycles. The number of hydrogen-bond donors (Lipinski definition) is 3. The van der Waals surface area contributed by atoms with Gasteiger partial charge in [-0.1, -0.05) is 42.5 Å². The lowest BCUT2D eigenvalue weighted by Gasteiger charge is -2.35. The molecule has 7 heteroatoms. The van der Waals surface area contributed by atoms with Crippen LogP contribution in [0.25, 0.3) is 0 Å². The van der Waals surface area contributed by atoms with Gasteiger partial charge >= 0.3 is 6.09 Å². The van der Waals surface area contributed by atoms with Gasteiger partial charge < -0.3 is 25.2 Å². The van der Waals surface area contributed by atoms with E-state index in [1.165, 1.54) is 0 Å². The topological polar surface area (TPSA) is 96.9 Å². The lowest BCUT2D eigenvalue weighted by Crippen LogP contribution is -2.48. The first-order valence-electron chi connectivity index (χ1n) is 10.6. The van der Waals surface area contributed by atoms with E-state index in [9.17, 15) is 14.7 Å². The van der Waals surface area contributed by atoms with Crippen molar-refractivity contribution in [1.82, 2.24) is 10.6 Å². The minimum atomic E-state index is -1.04. The van der Waals surface area contributed by atoms with Gasteiger partial charge in [-0.3, -0.25) is 4.79 Å². The van der Waals surface area contributed by atoms with Crippen molar-refractivity contribution in [3.8, 4) is 5.75 Å². The molecule has 0 aromatic heterocycles. The number of methoxy groups -OCH3 is 1. The zero-order valence-electron chi connectivity index (χ0n) is 19.6. The smallest absolute Gasteiger partial charge is 0.408 e. The molecular formula is C25H34N2O5. The van der Waals surface area contributed by atoms with E-state index in [1.807, 2.05) is 30.3 Å². The van der Waals surface area contributed by atoms with Gasteiger partial charge in [-0.2, -0.15) is 0 Å². The maximum atomic E-state index is 13.2. The van der Waals surface area contributed by atoms with Gasteiger partial charge in [0.05, 0.1) is 24.7 Å². The first-order valence-corrected chi connectivity index (χ1v) is 10.6. The minimum absolute atomic E-state index is 0.0172. The fourth-order valence-electron chi connectivity index (χ4n) is 3.27. The molecule has 0 spiro atoms. The van der Waals surface area contributed by atoms with Crippen molar-refractivity contribution < 1.29 is 24.2 Å². The van der Waals surface area contributed by atoms with E-state index in [1.54, 1.807) is 66.0 Å². The first-order chi connectivity index (χ1) is 14.9. The average molecular weight is 443 g/mol. The molecule has 7 nitrogen and oxygen atoms in total. The van der Waals surface area contributed by atoms with Crippen molar-refractivity contribution in [2.24, 2.45) is 5.41 Å². The zero-order chi connectivity index (χ0) is 23.9. The number of ether oxygens (including phenoxy) is 2. The minimum Gasteiger partial charge on any atom is -0.497 e. The lowest BCUT2D eigenvalue weighted by molar-refractivity contribution is -0.131. The fraction of sp³-hybridized carbons (Fsp3) is 0.440. The highest BCUT2D eigenvalue weighted by Crippen LogP contribution is 2.34. The zero-order valence-corrected chi connectivity index (χ0v) is 19.6. The summed E-state index contributed by atoms with van der Waals surface area (Å²) in [5.41, 5.74) is -0.300. The van der Waals surface area contributed by atoms with Gasteiger partial charge in [0, 0.05) is 6.54 Å². The Morgan fingerprint density at radius 1 is 0.969 bits per heavy atom. The molecule has 0 unspecified atom stereocenters. The summed E-state index contributed by atoms with van der Waals surface area (Å²) in [6.07, 6.45) is -1.51. The molecular weight excluding hydrogens is 408 g/mol. The molecule has 0 saturated carbocycles. The fourth-order valence-corrected chi connectivity index (χ4v) is 3.27. The molecule has 2 amide bonds. The molecule has 0 fully saturated rings. The number of rotatable bonds is 8. The Morgan fingerprint density at radius 3 is 2.19 bits per heavy atom. The molecule has 0 bridgehead atoms. The molecule has 3 N–H and O–H groups in total. The summed E-state index contributed by atoms with van der Waals surface area (Å²) in [6, 6.07) is 15.7. The number of aliphatic hydroxyl groups excluding tert-OH is 1. The number of alkyl carbamates (subject to hydrolysis) is 1. The number of aliphatic hydroxyl groups is 1. The summed E-state index contributed by atoms with van der Waals surface area (Å²) in [5, 5.41) is 16.2. The number of benzene rings is 2. The third-order valence-corrected chi connectivity index (χ3v) is 5.04. The van der Waals surface area contributed by atoms with Crippen molar-refractivity contribution in [1.29, 1.82) is 0 Å². The van der Waals surface area contributed by atoms with Crippen molar-refractivity contribution in [2.75, 3.05) is 13.7 Å². The van der Waals surface area contributed by atoms with Gasteiger partial charge in [0.25, 0.3) is 0 Å². The Bertz CT molecular complexity index is 906. The predicted octanol–water partition coefficient (Wildman–Crippen LogP) is 4.14. The molecule has 2 atom stereocenters. The van der Waals surface area contributed by atoms with E-state index in [-0.39, 0.29) is 12.5 Å². The summed E-state index contributed by atoms with van der Waals surface area (Å²) < 4.78 is 10.6. The first kappa shape index (κ1) is 25.2. The Kier molecular flexibility index (Phi) is 8.27. The Labute approximate surface area is 190 Å². The van der Waals surface area contributed by atoms with Crippen LogP contribution >= 0.6 is 0 Å². The number of carbonyl (C=O) groups is 2. The SMILES string of the molecule is COc1cccc([C@@H](O)CNC(=O)C(C)(C)[C@H](NC(=O)OC(C)(C)C)c2ccccc2)c1. The van der Waals surface area contributed by atoms with E-state index >= 15 is 0 Å². The van der Waals surface area contributed by atoms with Crippen LogP contribution in [-0.2, 0) is 9.53 Å². The second-order valence-electron chi connectivity index (χ2n) is 9.21. The van der Waals surface area contributed by atoms with Crippen LogP contribution in [0.5, 0.6) is 5.75 Å². The van der Waals surface area contributed by atoms with E-state index in [0.717, 1.165) is 5.56 Å². The maximum absolute atomic E-state index is 13.2. The molecule has 2 rings (SSSR count). The summed E-state index contributed by atoms with van der Waals surface area (Å²) in [4.78, 5) is 25.7. The van der Waals surface area contributed by atoms with Crippen LogP contribution in [0.15, 0.2) is 54.6 Å². The van der Waals surface area contributed by atoms with Crippen molar-refractivity contribution in [3.05, 3.63) is 65.7 Å². The molecule has 0 aliphatic heterocycles. The van der Waals surface area contributed by atoms with E-state index < -0.39 is 29.3 Å².